The molecule has 84 valence electrons. The lowest BCUT2D eigenvalue weighted by atomic mass is 10.2. The van der Waals surface area contributed by atoms with Crippen LogP contribution in [0.15, 0.2) is 24.5 Å². The van der Waals surface area contributed by atoms with Crippen LogP contribution in [-0.2, 0) is 12.3 Å². The average molecular weight is 348 g/mol. The second kappa shape index (κ2) is 5.14. The Bertz CT molecular complexity index is 473. The summed E-state index contributed by atoms with van der Waals surface area (Å²) < 4.78 is 2.87. The van der Waals surface area contributed by atoms with Gasteiger partial charge in [0.05, 0.1) is 9.77 Å². The van der Waals surface area contributed by atoms with Crippen LogP contribution in [0.2, 0.25) is 0 Å². The highest BCUT2D eigenvalue weighted by Gasteiger charge is 2.04. The van der Waals surface area contributed by atoms with Gasteiger partial charge in [0.15, 0.2) is 5.82 Å². The van der Waals surface area contributed by atoms with Gasteiger partial charge in [0.2, 0.25) is 0 Å². The monoisotopic (exact) mass is 347 g/mol. The molecule has 0 saturated heterocycles. The molecule has 0 saturated carbocycles. The third-order valence-corrected chi connectivity index (χ3v) is 3.09. The number of alkyl halides is 1. The van der Waals surface area contributed by atoms with Gasteiger partial charge >= 0.3 is 0 Å². The molecule has 2 heterocycles. The molecule has 0 unspecified atom stereocenters. The van der Waals surface area contributed by atoms with Crippen molar-refractivity contribution in [1.82, 2.24) is 14.8 Å². The Morgan fingerprint density at radius 2 is 2.25 bits per heavy atom. The first-order valence-electron chi connectivity index (χ1n) is 4.99. The van der Waals surface area contributed by atoms with Gasteiger partial charge in [-0.3, -0.25) is 0 Å². The molecule has 3 nitrogen and oxygen atoms in total. The van der Waals surface area contributed by atoms with Gasteiger partial charge in [-0.2, -0.15) is 5.10 Å². The minimum Gasteiger partial charge on any atom is -0.234 e. The molecule has 2 aromatic heterocycles. The summed E-state index contributed by atoms with van der Waals surface area (Å²) in [5.74, 6) is 1.33. The van der Waals surface area contributed by atoms with Crippen molar-refractivity contribution in [3.05, 3.63) is 39.4 Å². The van der Waals surface area contributed by atoms with E-state index in [1.807, 2.05) is 18.3 Å². The van der Waals surface area contributed by atoms with Crippen LogP contribution in [0.4, 0.5) is 0 Å². The molecule has 0 aliphatic carbocycles. The standard InChI is InChI=1S/C11H11ClIN3/c1-2-10-3-8(5-12)4-11(15-10)16-7-9(13)6-14-16/h3-4,6-7H,2,5H2,1H3. The van der Waals surface area contributed by atoms with Crippen LogP contribution < -0.4 is 0 Å². The first kappa shape index (κ1) is 11.9. The Morgan fingerprint density at radius 1 is 1.44 bits per heavy atom. The van der Waals surface area contributed by atoms with Gasteiger partial charge in [-0.15, -0.1) is 11.6 Å². The summed E-state index contributed by atoms with van der Waals surface area (Å²) in [4.78, 5) is 4.52. The number of aryl methyl sites for hydroxylation is 1. The van der Waals surface area contributed by atoms with E-state index in [0.717, 1.165) is 27.1 Å². The van der Waals surface area contributed by atoms with E-state index >= 15 is 0 Å². The molecule has 16 heavy (non-hydrogen) atoms. The van der Waals surface area contributed by atoms with Gasteiger partial charge in [-0.25, -0.2) is 9.67 Å². The molecule has 0 bridgehead atoms. The second-order valence-electron chi connectivity index (χ2n) is 3.42. The van der Waals surface area contributed by atoms with Crippen molar-refractivity contribution < 1.29 is 0 Å². The molecular formula is C11H11ClIN3. The van der Waals surface area contributed by atoms with Crippen molar-refractivity contribution in [2.75, 3.05) is 0 Å². The summed E-state index contributed by atoms with van der Waals surface area (Å²) in [7, 11) is 0. The SMILES string of the molecule is CCc1cc(CCl)cc(-n2cc(I)cn2)n1. The molecule has 2 aromatic rings. The molecule has 0 amide bonds. The minimum atomic E-state index is 0.501. The van der Waals surface area contributed by atoms with Crippen LogP contribution in [0, 0.1) is 3.57 Å². The van der Waals surface area contributed by atoms with Crippen LogP contribution in [0.5, 0.6) is 0 Å². The highest BCUT2D eigenvalue weighted by Crippen LogP contribution is 2.13. The van der Waals surface area contributed by atoms with Crippen LogP contribution in [0.1, 0.15) is 18.2 Å². The van der Waals surface area contributed by atoms with Gasteiger partial charge in [0.1, 0.15) is 0 Å². The predicted octanol–water partition coefficient (Wildman–Crippen LogP) is 3.17. The number of halogens is 2. The maximum Gasteiger partial charge on any atom is 0.153 e. The highest BCUT2D eigenvalue weighted by molar-refractivity contribution is 14.1. The minimum absolute atomic E-state index is 0.501. The van der Waals surface area contributed by atoms with Crippen molar-refractivity contribution in [2.45, 2.75) is 19.2 Å². The number of hydrogen-bond donors (Lipinski definition) is 0. The fourth-order valence-corrected chi connectivity index (χ4v) is 1.98. The van der Waals surface area contributed by atoms with Gasteiger partial charge in [0.25, 0.3) is 0 Å². The normalized spacial score (nSPS) is 10.7. The van der Waals surface area contributed by atoms with E-state index in [2.05, 4.69) is 39.6 Å². The Morgan fingerprint density at radius 3 is 2.81 bits per heavy atom. The Labute approximate surface area is 113 Å². The largest absolute Gasteiger partial charge is 0.234 e. The van der Waals surface area contributed by atoms with Crippen LogP contribution in [0.3, 0.4) is 0 Å². The zero-order valence-electron chi connectivity index (χ0n) is 8.82. The summed E-state index contributed by atoms with van der Waals surface area (Å²) in [6, 6.07) is 4.00. The number of pyridine rings is 1. The van der Waals surface area contributed by atoms with Gasteiger partial charge in [-0.05, 0) is 46.7 Å². The highest BCUT2D eigenvalue weighted by atomic mass is 127. The van der Waals surface area contributed by atoms with E-state index < -0.39 is 0 Å². The number of aromatic nitrogens is 3. The second-order valence-corrected chi connectivity index (χ2v) is 4.93. The van der Waals surface area contributed by atoms with Gasteiger partial charge in [-0.1, -0.05) is 6.92 Å². The van der Waals surface area contributed by atoms with E-state index in [1.54, 1.807) is 10.9 Å². The smallest absolute Gasteiger partial charge is 0.153 e. The molecule has 0 aromatic carbocycles. The van der Waals surface area contributed by atoms with Gasteiger partial charge in [0, 0.05) is 17.8 Å². The van der Waals surface area contributed by atoms with Crippen molar-refractivity contribution in [3.63, 3.8) is 0 Å². The maximum absolute atomic E-state index is 5.86. The summed E-state index contributed by atoms with van der Waals surface area (Å²) >= 11 is 8.09. The van der Waals surface area contributed by atoms with Crippen molar-refractivity contribution in [1.29, 1.82) is 0 Å². The Kier molecular flexibility index (Phi) is 3.81. The zero-order chi connectivity index (χ0) is 11.5. The number of hydrogen-bond acceptors (Lipinski definition) is 2. The molecule has 0 fully saturated rings. The lowest BCUT2D eigenvalue weighted by Gasteiger charge is -2.05. The summed E-state index contributed by atoms with van der Waals surface area (Å²) in [5, 5.41) is 4.24. The third kappa shape index (κ3) is 2.55. The molecule has 0 atom stereocenters. The first-order valence-corrected chi connectivity index (χ1v) is 6.60. The Hall–Kier alpha value is -0.620. The van der Waals surface area contributed by atoms with Crippen LogP contribution in [-0.4, -0.2) is 14.8 Å². The molecule has 2 rings (SSSR count). The third-order valence-electron chi connectivity index (χ3n) is 2.23. The predicted molar refractivity (Wildman–Crippen MR) is 73.0 cm³/mol. The van der Waals surface area contributed by atoms with E-state index in [-0.39, 0.29) is 0 Å². The molecule has 0 aliphatic rings. The van der Waals surface area contributed by atoms with Crippen LogP contribution in [0.25, 0.3) is 5.82 Å². The summed E-state index contributed by atoms with van der Waals surface area (Å²) in [5.41, 5.74) is 2.12. The Balaban J connectivity index is 2.47. The quantitative estimate of drug-likeness (QED) is 0.631. The fraction of sp³-hybridized carbons (Fsp3) is 0.273. The first-order chi connectivity index (χ1) is 7.72. The average Bonchev–Trinajstić information content (AvgIpc) is 2.75. The van der Waals surface area contributed by atoms with Crippen molar-refractivity contribution >= 4 is 34.2 Å². The zero-order valence-corrected chi connectivity index (χ0v) is 11.7. The molecule has 0 aliphatic heterocycles. The molecule has 0 spiro atoms. The lowest BCUT2D eigenvalue weighted by Crippen LogP contribution is -2.02. The van der Waals surface area contributed by atoms with E-state index in [4.69, 9.17) is 11.6 Å². The van der Waals surface area contributed by atoms with Crippen LogP contribution >= 0.6 is 34.2 Å². The van der Waals surface area contributed by atoms with Gasteiger partial charge < -0.3 is 0 Å². The number of rotatable bonds is 3. The molecular weight excluding hydrogens is 336 g/mol. The number of nitrogens with zero attached hydrogens (tertiary/aromatic N) is 3. The van der Waals surface area contributed by atoms with E-state index in [0.29, 0.717) is 5.88 Å². The maximum atomic E-state index is 5.86. The topological polar surface area (TPSA) is 30.7 Å². The van der Waals surface area contributed by atoms with Crippen molar-refractivity contribution in [3.8, 4) is 5.82 Å². The summed E-state index contributed by atoms with van der Waals surface area (Å²) in [6.45, 7) is 2.08. The molecule has 0 N–H and O–H groups in total. The molecule has 5 heteroatoms. The fourth-order valence-electron chi connectivity index (χ4n) is 1.43. The van der Waals surface area contributed by atoms with Crippen molar-refractivity contribution in [2.24, 2.45) is 0 Å². The molecule has 0 radical (unpaired) electrons. The van der Waals surface area contributed by atoms with E-state index in [9.17, 15) is 0 Å². The van der Waals surface area contributed by atoms with E-state index in [1.165, 1.54) is 0 Å². The summed E-state index contributed by atoms with van der Waals surface area (Å²) in [6.07, 6.45) is 4.65. The lowest BCUT2D eigenvalue weighted by molar-refractivity contribution is 0.829.